The average Bonchev–Trinajstić information content (AvgIpc) is 2.96. The number of phenols is 1. The number of ether oxygens (including phenoxy) is 1. The lowest BCUT2D eigenvalue weighted by Crippen LogP contribution is -2.27. The number of aromatic hydroxyl groups is 1. The average molecular weight is 447 g/mol. The van der Waals surface area contributed by atoms with Crippen molar-refractivity contribution in [2.24, 2.45) is 0 Å². The Kier molecular flexibility index (Phi) is 5.27. The van der Waals surface area contributed by atoms with Crippen molar-refractivity contribution in [3.05, 3.63) is 94.1 Å². The van der Waals surface area contributed by atoms with Gasteiger partial charge in [0.05, 0.1) is 24.5 Å². The molecule has 0 saturated heterocycles. The molecule has 2 aliphatic rings. The van der Waals surface area contributed by atoms with E-state index < -0.39 is 0 Å². The molecule has 0 bridgehead atoms. The second-order valence-electron chi connectivity index (χ2n) is 8.12. The lowest BCUT2D eigenvalue weighted by atomic mass is 9.78. The van der Waals surface area contributed by atoms with Crippen LogP contribution in [0.25, 0.3) is 0 Å². The summed E-state index contributed by atoms with van der Waals surface area (Å²) in [5.41, 5.74) is 5.25. The number of Topliss-reactive ketones (excluding diaryl/α,β-unsaturated/α-hetero) is 1. The number of carbonyl (C=O) groups excluding carboxylic acids is 1. The molecule has 1 aliphatic heterocycles. The van der Waals surface area contributed by atoms with Crippen LogP contribution in [0.15, 0.2) is 78.0 Å². The molecule has 3 aromatic rings. The molecule has 162 valence electrons. The van der Waals surface area contributed by atoms with Crippen molar-refractivity contribution in [3.8, 4) is 11.5 Å². The molecule has 0 spiro atoms. The van der Waals surface area contributed by atoms with E-state index in [0.29, 0.717) is 29.2 Å². The summed E-state index contributed by atoms with van der Waals surface area (Å²) >= 11 is 6.47. The lowest BCUT2D eigenvalue weighted by Gasteiger charge is -2.30. The number of phenolic OH excluding ortho intramolecular Hbond substituents is 1. The molecule has 0 radical (unpaired) electrons. The predicted octanol–water partition coefficient (Wildman–Crippen LogP) is 6.03. The maximum atomic E-state index is 13.6. The molecule has 32 heavy (non-hydrogen) atoms. The first-order valence-corrected chi connectivity index (χ1v) is 10.9. The van der Waals surface area contributed by atoms with Crippen molar-refractivity contribution in [1.29, 1.82) is 0 Å². The highest BCUT2D eigenvalue weighted by Gasteiger charge is 2.36. The summed E-state index contributed by atoms with van der Waals surface area (Å²) in [7, 11) is 1.51. The van der Waals surface area contributed by atoms with Gasteiger partial charge in [-0.3, -0.25) is 4.79 Å². The molecule has 3 N–H and O–H groups in total. The maximum Gasteiger partial charge on any atom is 0.163 e. The Morgan fingerprint density at radius 3 is 2.53 bits per heavy atom. The van der Waals surface area contributed by atoms with Gasteiger partial charge in [-0.05, 0) is 53.8 Å². The third-order valence-electron chi connectivity index (χ3n) is 6.19. The lowest BCUT2D eigenvalue weighted by molar-refractivity contribution is -0.116. The molecule has 1 heterocycles. The maximum absolute atomic E-state index is 13.6. The number of allylic oxidation sites excluding steroid dienone is 1. The summed E-state index contributed by atoms with van der Waals surface area (Å²) in [6.07, 6.45) is 1.06. The minimum absolute atomic E-state index is 0.00251. The number of carbonyl (C=O) groups is 1. The van der Waals surface area contributed by atoms with E-state index in [0.717, 1.165) is 28.2 Å². The number of rotatable bonds is 3. The van der Waals surface area contributed by atoms with Gasteiger partial charge in [0.1, 0.15) is 0 Å². The first kappa shape index (κ1) is 20.5. The number of hydrogen-bond acceptors (Lipinski definition) is 5. The van der Waals surface area contributed by atoms with Crippen LogP contribution in [-0.2, 0) is 4.79 Å². The number of para-hydroxylation sites is 2. The molecule has 0 unspecified atom stereocenters. The summed E-state index contributed by atoms with van der Waals surface area (Å²) in [5.74, 6) is 0.504. The molecule has 5 rings (SSSR count). The van der Waals surface area contributed by atoms with E-state index in [1.165, 1.54) is 7.11 Å². The second kappa shape index (κ2) is 8.24. The van der Waals surface area contributed by atoms with Gasteiger partial charge in [0.2, 0.25) is 0 Å². The zero-order valence-electron chi connectivity index (χ0n) is 17.6. The molecule has 0 fully saturated rings. The number of methoxy groups -OCH3 is 1. The Hall–Kier alpha value is -3.44. The van der Waals surface area contributed by atoms with Gasteiger partial charge >= 0.3 is 0 Å². The van der Waals surface area contributed by atoms with E-state index in [4.69, 9.17) is 16.3 Å². The monoisotopic (exact) mass is 446 g/mol. The molecule has 6 heteroatoms. The van der Waals surface area contributed by atoms with Gasteiger partial charge in [-0.25, -0.2) is 0 Å². The molecule has 1 aliphatic carbocycles. The van der Waals surface area contributed by atoms with Crippen molar-refractivity contribution >= 4 is 28.8 Å². The van der Waals surface area contributed by atoms with E-state index in [2.05, 4.69) is 10.6 Å². The molecule has 3 aromatic carbocycles. The largest absolute Gasteiger partial charge is 0.504 e. The number of fused-ring (bicyclic) bond motifs is 1. The standard InChI is InChI=1S/C26H23ClN2O3/c1-32-24-14-15(10-11-22(24)30)26-25-21(28-19-8-4-5-9-20(19)29-26)12-16(13-23(25)31)17-6-2-3-7-18(17)27/h2-11,14,16,26,28-30H,12-13H2,1H3/t16-,26-/m0/s1. The van der Waals surface area contributed by atoms with Crippen LogP contribution in [0.5, 0.6) is 11.5 Å². The number of benzene rings is 3. The van der Waals surface area contributed by atoms with Gasteiger partial charge in [-0.2, -0.15) is 0 Å². The summed E-state index contributed by atoms with van der Waals surface area (Å²) < 4.78 is 5.32. The smallest absolute Gasteiger partial charge is 0.163 e. The Morgan fingerprint density at radius 2 is 1.75 bits per heavy atom. The van der Waals surface area contributed by atoms with E-state index in [9.17, 15) is 9.90 Å². The van der Waals surface area contributed by atoms with Gasteiger partial charge in [0.15, 0.2) is 17.3 Å². The first-order valence-electron chi connectivity index (χ1n) is 10.6. The molecular formula is C26H23ClN2O3. The van der Waals surface area contributed by atoms with Crippen molar-refractivity contribution in [2.45, 2.75) is 24.8 Å². The number of halogens is 1. The fourth-order valence-corrected chi connectivity index (χ4v) is 4.93. The Morgan fingerprint density at radius 1 is 1.00 bits per heavy atom. The molecule has 0 saturated carbocycles. The van der Waals surface area contributed by atoms with Crippen molar-refractivity contribution < 1.29 is 14.6 Å². The van der Waals surface area contributed by atoms with Crippen LogP contribution < -0.4 is 15.4 Å². The van der Waals surface area contributed by atoms with Gasteiger partial charge in [-0.1, -0.05) is 48.0 Å². The van der Waals surface area contributed by atoms with Crippen LogP contribution in [0.1, 0.15) is 35.9 Å². The Balaban J connectivity index is 1.63. The van der Waals surface area contributed by atoms with Crippen LogP contribution in [0.4, 0.5) is 11.4 Å². The third-order valence-corrected chi connectivity index (χ3v) is 6.54. The predicted molar refractivity (Wildman–Crippen MR) is 127 cm³/mol. The molecular weight excluding hydrogens is 424 g/mol. The fourth-order valence-electron chi connectivity index (χ4n) is 4.64. The summed E-state index contributed by atoms with van der Waals surface area (Å²) in [6.45, 7) is 0. The SMILES string of the molecule is COc1cc([C@@H]2Nc3ccccc3NC3=C2C(=O)C[C@@H](c2ccccc2Cl)C3)ccc1O. The van der Waals surface area contributed by atoms with Gasteiger partial charge in [-0.15, -0.1) is 0 Å². The van der Waals surface area contributed by atoms with Crippen molar-refractivity contribution in [2.75, 3.05) is 17.7 Å². The van der Waals surface area contributed by atoms with Crippen molar-refractivity contribution in [1.82, 2.24) is 0 Å². The summed E-state index contributed by atoms with van der Waals surface area (Å²) in [6, 6.07) is 20.5. The van der Waals surface area contributed by atoms with Crippen molar-refractivity contribution in [3.63, 3.8) is 0 Å². The highest BCUT2D eigenvalue weighted by atomic mass is 35.5. The molecule has 0 aromatic heterocycles. The van der Waals surface area contributed by atoms with Crippen LogP contribution in [0, 0.1) is 0 Å². The van der Waals surface area contributed by atoms with E-state index >= 15 is 0 Å². The summed E-state index contributed by atoms with van der Waals surface area (Å²) in [5, 5.41) is 17.8. The fraction of sp³-hybridized carbons (Fsp3) is 0.192. The topological polar surface area (TPSA) is 70.6 Å². The van der Waals surface area contributed by atoms with Gasteiger partial charge in [0.25, 0.3) is 0 Å². The Bertz CT molecular complexity index is 1240. The number of ketones is 1. The normalized spacial score (nSPS) is 19.9. The minimum Gasteiger partial charge on any atom is -0.504 e. The number of hydrogen-bond donors (Lipinski definition) is 3. The zero-order chi connectivity index (χ0) is 22.2. The number of nitrogens with one attached hydrogen (secondary N) is 2. The second-order valence-corrected chi connectivity index (χ2v) is 8.53. The van der Waals surface area contributed by atoms with Crippen LogP contribution in [-0.4, -0.2) is 18.0 Å². The first-order chi connectivity index (χ1) is 15.5. The summed E-state index contributed by atoms with van der Waals surface area (Å²) in [4.78, 5) is 13.6. The minimum atomic E-state index is -0.379. The van der Waals surface area contributed by atoms with Gasteiger partial charge < -0.3 is 20.5 Å². The highest BCUT2D eigenvalue weighted by Crippen LogP contribution is 2.46. The van der Waals surface area contributed by atoms with Crippen LogP contribution in [0.3, 0.4) is 0 Å². The van der Waals surface area contributed by atoms with E-state index in [-0.39, 0.29) is 23.5 Å². The molecule has 2 atom stereocenters. The zero-order valence-corrected chi connectivity index (χ0v) is 18.3. The van der Waals surface area contributed by atoms with E-state index in [1.54, 1.807) is 12.1 Å². The van der Waals surface area contributed by atoms with E-state index in [1.807, 2.05) is 54.6 Å². The molecule has 0 amide bonds. The molecule has 5 nitrogen and oxygen atoms in total. The number of anilines is 2. The Labute approximate surface area is 191 Å². The van der Waals surface area contributed by atoms with Gasteiger partial charge in [0, 0.05) is 22.7 Å². The van der Waals surface area contributed by atoms with Crippen LogP contribution >= 0.6 is 11.6 Å². The third kappa shape index (κ3) is 3.59. The van der Waals surface area contributed by atoms with Crippen LogP contribution in [0.2, 0.25) is 5.02 Å². The quantitative estimate of drug-likeness (QED) is 0.458. The highest BCUT2D eigenvalue weighted by molar-refractivity contribution is 6.31.